The Balaban J connectivity index is 1.93. The van der Waals surface area contributed by atoms with E-state index in [0.29, 0.717) is 29.7 Å². The summed E-state index contributed by atoms with van der Waals surface area (Å²) < 4.78 is 15.9. The average molecular weight is 302 g/mol. The number of carbonyl (C=O) groups is 1. The molecule has 2 aromatic rings. The summed E-state index contributed by atoms with van der Waals surface area (Å²) in [6.07, 6.45) is 1.58. The van der Waals surface area contributed by atoms with Gasteiger partial charge >= 0.3 is 0 Å². The first-order valence-corrected chi connectivity index (χ1v) is 6.87. The van der Waals surface area contributed by atoms with Gasteiger partial charge in [0.25, 0.3) is 5.91 Å². The Morgan fingerprint density at radius 1 is 1.18 bits per heavy atom. The van der Waals surface area contributed by atoms with Gasteiger partial charge in [-0.05, 0) is 31.2 Å². The van der Waals surface area contributed by atoms with Gasteiger partial charge in [0.2, 0.25) is 0 Å². The fourth-order valence-electron chi connectivity index (χ4n) is 1.76. The van der Waals surface area contributed by atoms with Crippen molar-refractivity contribution < 1.29 is 19.0 Å². The Labute approximate surface area is 129 Å². The maximum atomic E-state index is 11.9. The molecule has 1 aromatic heterocycles. The van der Waals surface area contributed by atoms with E-state index in [4.69, 9.17) is 14.2 Å². The lowest BCUT2D eigenvalue weighted by Crippen LogP contribution is -2.21. The molecule has 0 fully saturated rings. The topological polar surface area (TPSA) is 69.7 Å². The predicted molar refractivity (Wildman–Crippen MR) is 82.5 cm³/mol. The van der Waals surface area contributed by atoms with Crippen LogP contribution >= 0.6 is 0 Å². The molecule has 0 spiro atoms. The van der Waals surface area contributed by atoms with Gasteiger partial charge in [0.15, 0.2) is 18.2 Å². The Morgan fingerprint density at radius 2 is 2.00 bits per heavy atom. The average Bonchev–Trinajstić information content (AvgIpc) is 2.55. The summed E-state index contributed by atoms with van der Waals surface area (Å²) in [5.41, 5.74) is 0. The number of rotatable bonds is 7. The number of hydrogen-bond acceptors (Lipinski definition) is 5. The minimum Gasteiger partial charge on any atom is -0.497 e. The minimum atomic E-state index is -0.317. The molecule has 0 unspecified atom stereocenters. The van der Waals surface area contributed by atoms with E-state index in [0.717, 1.165) is 0 Å². The smallest absolute Gasteiger partial charge is 0.263 e. The molecular formula is C16H18N2O4. The minimum absolute atomic E-state index is 0.130. The van der Waals surface area contributed by atoms with E-state index >= 15 is 0 Å². The van der Waals surface area contributed by atoms with Crippen molar-refractivity contribution in [2.24, 2.45) is 0 Å². The van der Waals surface area contributed by atoms with Crippen molar-refractivity contribution in [3.05, 3.63) is 42.6 Å². The second-order valence-electron chi connectivity index (χ2n) is 4.30. The number of ether oxygens (including phenoxy) is 3. The normalized spacial score (nSPS) is 9.91. The number of anilines is 1. The molecule has 0 aliphatic carbocycles. The summed E-state index contributed by atoms with van der Waals surface area (Å²) in [5.74, 6) is 1.81. The van der Waals surface area contributed by atoms with E-state index < -0.39 is 0 Å². The zero-order valence-electron chi connectivity index (χ0n) is 12.5. The van der Waals surface area contributed by atoms with Crippen LogP contribution < -0.4 is 19.5 Å². The highest BCUT2D eigenvalue weighted by molar-refractivity contribution is 5.92. The molecule has 0 saturated heterocycles. The molecule has 6 nitrogen and oxygen atoms in total. The summed E-state index contributed by atoms with van der Waals surface area (Å²) in [7, 11) is 1.57. The monoisotopic (exact) mass is 302 g/mol. The lowest BCUT2D eigenvalue weighted by Gasteiger charge is -2.11. The number of benzene rings is 1. The number of amides is 1. The van der Waals surface area contributed by atoms with Crippen molar-refractivity contribution in [3.8, 4) is 17.2 Å². The van der Waals surface area contributed by atoms with Crippen molar-refractivity contribution >= 4 is 11.7 Å². The SMILES string of the molecule is CCOc1cccnc1NC(=O)COc1cccc(OC)c1. The van der Waals surface area contributed by atoms with Crippen LogP contribution in [0.1, 0.15) is 6.92 Å². The number of methoxy groups -OCH3 is 1. The third kappa shape index (κ3) is 4.37. The maximum absolute atomic E-state index is 11.9. The highest BCUT2D eigenvalue weighted by atomic mass is 16.5. The molecule has 1 heterocycles. The Morgan fingerprint density at radius 3 is 2.77 bits per heavy atom. The summed E-state index contributed by atoms with van der Waals surface area (Å²) in [4.78, 5) is 16.0. The van der Waals surface area contributed by atoms with E-state index in [2.05, 4.69) is 10.3 Å². The zero-order valence-corrected chi connectivity index (χ0v) is 12.5. The van der Waals surface area contributed by atoms with Gasteiger partial charge in [-0.1, -0.05) is 6.07 Å². The van der Waals surface area contributed by atoms with Crippen LogP contribution in [0.15, 0.2) is 42.6 Å². The molecule has 0 saturated carbocycles. The van der Waals surface area contributed by atoms with E-state index in [9.17, 15) is 4.79 Å². The molecule has 22 heavy (non-hydrogen) atoms. The zero-order chi connectivity index (χ0) is 15.8. The summed E-state index contributed by atoms with van der Waals surface area (Å²) in [5, 5.41) is 2.66. The highest BCUT2D eigenvalue weighted by Gasteiger charge is 2.09. The molecule has 0 aliphatic heterocycles. The molecule has 1 amide bonds. The molecule has 1 aromatic carbocycles. The van der Waals surface area contributed by atoms with Crippen LogP contribution in [0.2, 0.25) is 0 Å². The van der Waals surface area contributed by atoms with Crippen molar-refractivity contribution in [1.82, 2.24) is 4.98 Å². The Hall–Kier alpha value is -2.76. The van der Waals surface area contributed by atoms with Crippen LogP contribution in [0.3, 0.4) is 0 Å². The van der Waals surface area contributed by atoms with E-state index in [1.807, 2.05) is 6.92 Å². The van der Waals surface area contributed by atoms with Crippen LogP contribution in [0.5, 0.6) is 17.2 Å². The Bertz CT molecular complexity index is 631. The van der Waals surface area contributed by atoms with Crippen molar-refractivity contribution in [2.75, 3.05) is 25.6 Å². The van der Waals surface area contributed by atoms with Gasteiger partial charge in [-0.3, -0.25) is 4.79 Å². The standard InChI is InChI=1S/C16H18N2O4/c1-3-21-14-8-5-9-17-16(14)18-15(19)11-22-13-7-4-6-12(10-13)20-2/h4-10H,3,11H2,1-2H3,(H,17,18,19). The van der Waals surface area contributed by atoms with Crippen molar-refractivity contribution in [1.29, 1.82) is 0 Å². The summed E-state index contributed by atoms with van der Waals surface area (Å²) >= 11 is 0. The molecule has 0 bridgehead atoms. The first-order chi connectivity index (χ1) is 10.7. The molecule has 116 valence electrons. The van der Waals surface area contributed by atoms with Gasteiger partial charge < -0.3 is 19.5 Å². The number of carbonyl (C=O) groups excluding carboxylic acids is 1. The van der Waals surface area contributed by atoms with Crippen molar-refractivity contribution in [2.45, 2.75) is 6.92 Å². The third-order valence-corrected chi connectivity index (χ3v) is 2.74. The van der Waals surface area contributed by atoms with Gasteiger partial charge in [0.05, 0.1) is 13.7 Å². The van der Waals surface area contributed by atoms with Crippen molar-refractivity contribution in [3.63, 3.8) is 0 Å². The number of nitrogens with zero attached hydrogens (tertiary/aromatic N) is 1. The number of pyridine rings is 1. The maximum Gasteiger partial charge on any atom is 0.263 e. The fraction of sp³-hybridized carbons (Fsp3) is 0.250. The first kappa shape index (κ1) is 15.6. The highest BCUT2D eigenvalue weighted by Crippen LogP contribution is 2.21. The van der Waals surface area contributed by atoms with Gasteiger partial charge in [-0.2, -0.15) is 0 Å². The van der Waals surface area contributed by atoms with Crippen LogP contribution in [0.25, 0.3) is 0 Å². The summed E-state index contributed by atoms with van der Waals surface area (Å²) in [6, 6.07) is 10.5. The van der Waals surface area contributed by atoms with Gasteiger partial charge in [-0.25, -0.2) is 4.98 Å². The molecule has 0 atom stereocenters. The van der Waals surface area contributed by atoms with Gasteiger partial charge in [0, 0.05) is 12.3 Å². The van der Waals surface area contributed by atoms with E-state index in [-0.39, 0.29) is 12.5 Å². The molecule has 6 heteroatoms. The van der Waals surface area contributed by atoms with Gasteiger partial charge in [-0.15, -0.1) is 0 Å². The lowest BCUT2D eigenvalue weighted by atomic mass is 10.3. The molecule has 2 rings (SSSR count). The van der Waals surface area contributed by atoms with E-state index in [1.165, 1.54) is 0 Å². The first-order valence-electron chi connectivity index (χ1n) is 6.87. The Kier molecular flexibility index (Phi) is 5.59. The predicted octanol–water partition coefficient (Wildman–Crippen LogP) is 2.51. The van der Waals surface area contributed by atoms with Crippen LogP contribution in [-0.4, -0.2) is 31.2 Å². The number of aromatic nitrogens is 1. The molecule has 0 radical (unpaired) electrons. The largest absolute Gasteiger partial charge is 0.497 e. The number of nitrogens with one attached hydrogen (secondary N) is 1. The molecular weight excluding hydrogens is 284 g/mol. The van der Waals surface area contributed by atoms with Gasteiger partial charge in [0.1, 0.15) is 11.5 Å². The third-order valence-electron chi connectivity index (χ3n) is 2.74. The molecule has 0 aliphatic rings. The van der Waals surface area contributed by atoms with Crippen LogP contribution in [0, 0.1) is 0 Å². The molecule has 1 N–H and O–H groups in total. The van der Waals surface area contributed by atoms with Crippen LogP contribution in [-0.2, 0) is 4.79 Å². The quantitative estimate of drug-likeness (QED) is 0.851. The van der Waals surface area contributed by atoms with Crippen LogP contribution in [0.4, 0.5) is 5.82 Å². The van der Waals surface area contributed by atoms with E-state index in [1.54, 1.807) is 49.7 Å². The summed E-state index contributed by atoms with van der Waals surface area (Å²) in [6.45, 7) is 2.23. The number of hydrogen-bond donors (Lipinski definition) is 1. The second-order valence-corrected chi connectivity index (χ2v) is 4.30. The fourth-order valence-corrected chi connectivity index (χ4v) is 1.76. The second kappa shape index (κ2) is 7.87. The lowest BCUT2D eigenvalue weighted by molar-refractivity contribution is -0.118.